The third kappa shape index (κ3) is 5.90. The van der Waals surface area contributed by atoms with Gasteiger partial charge in [0.2, 0.25) is 0 Å². The Labute approximate surface area is 206 Å². The molecule has 6 heteroatoms. The minimum absolute atomic E-state index is 0.00764. The van der Waals surface area contributed by atoms with Crippen molar-refractivity contribution in [3.8, 4) is 5.75 Å². The van der Waals surface area contributed by atoms with Crippen molar-refractivity contribution >= 4 is 17.3 Å². The van der Waals surface area contributed by atoms with Crippen LogP contribution >= 0.6 is 11.6 Å². The number of anilines is 1. The predicted molar refractivity (Wildman–Crippen MR) is 134 cm³/mol. The Morgan fingerprint density at radius 3 is 2.50 bits per heavy atom. The highest BCUT2D eigenvalue weighted by atomic mass is 35.5. The van der Waals surface area contributed by atoms with E-state index in [1.54, 1.807) is 12.1 Å². The van der Waals surface area contributed by atoms with E-state index in [1.165, 1.54) is 12.1 Å². The Morgan fingerprint density at radius 2 is 1.79 bits per heavy atom. The van der Waals surface area contributed by atoms with Crippen LogP contribution in [0, 0.1) is 5.82 Å². The molecule has 0 bridgehead atoms. The van der Waals surface area contributed by atoms with Gasteiger partial charge in [-0.3, -0.25) is 0 Å². The fourth-order valence-corrected chi connectivity index (χ4v) is 4.40. The number of hydrogen-bond acceptors (Lipinski definition) is 4. The van der Waals surface area contributed by atoms with Crippen LogP contribution in [-0.4, -0.2) is 17.8 Å². The van der Waals surface area contributed by atoms with Crippen molar-refractivity contribution < 1.29 is 18.6 Å². The first-order valence-corrected chi connectivity index (χ1v) is 11.9. The van der Waals surface area contributed by atoms with Gasteiger partial charge in [-0.25, -0.2) is 4.39 Å². The highest BCUT2D eigenvalue weighted by Crippen LogP contribution is 2.45. The van der Waals surface area contributed by atoms with Crippen LogP contribution in [0.4, 0.5) is 10.1 Å². The summed E-state index contributed by atoms with van der Waals surface area (Å²) in [5.74, 6) is 0.517. The van der Waals surface area contributed by atoms with Crippen molar-refractivity contribution in [2.75, 3.05) is 5.32 Å². The average molecular weight is 484 g/mol. The number of halogens is 2. The van der Waals surface area contributed by atoms with Crippen LogP contribution < -0.4 is 10.1 Å². The standard InChI is InChI=1S/C28H31ClFNO3/c1-18(2)33-26-24-15-23(31-16-20-6-5-7-21(29)14-20)12-13-25(24)34-28(3,4)27(26)32-17-19-8-10-22(30)11-9-19/h5-15,18,26-27,31H,16-17H2,1-4H3. The highest BCUT2D eigenvalue weighted by Gasteiger charge is 2.46. The van der Waals surface area contributed by atoms with E-state index in [-0.39, 0.29) is 24.1 Å². The lowest BCUT2D eigenvalue weighted by Gasteiger charge is -2.45. The lowest BCUT2D eigenvalue weighted by Crippen LogP contribution is -2.51. The zero-order chi connectivity index (χ0) is 24.3. The second kappa shape index (κ2) is 10.3. The van der Waals surface area contributed by atoms with Gasteiger partial charge in [0.05, 0.1) is 12.7 Å². The summed E-state index contributed by atoms with van der Waals surface area (Å²) < 4.78 is 32.5. The minimum Gasteiger partial charge on any atom is -0.485 e. The summed E-state index contributed by atoms with van der Waals surface area (Å²) in [6.45, 7) is 9.02. The summed E-state index contributed by atoms with van der Waals surface area (Å²) in [6, 6.07) is 20.2. The van der Waals surface area contributed by atoms with E-state index < -0.39 is 5.60 Å². The molecule has 0 amide bonds. The van der Waals surface area contributed by atoms with Crippen LogP contribution in [-0.2, 0) is 22.6 Å². The van der Waals surface area contributed by atoms with Crippen LogP contribution in [0.15, 0.2) is 66.7 Å². The van der Waals surface area contributed by atoms with E-state index in [2.05, 4.69) is 11.4 Å². The molecular formula is C28H31ClFNO3. The van der Waals surface area contributed by atoms with E-state index in [0.29, 0.717) is 18.2 Å². The molecule has 1 aliphatic heterocycles. The third-order valence-corrected chi connectivity index (χ3v) is 6.03. The van der Waals surface area contributed by atoms with Gasteiger partial charge in [0.15, 0.2) is 0 Å². The van der Waals surface area contributed by atoms with Crippen LogP contribution in [0.2, 0.25) is 5.02 Å². The van der Waals surface area contributed by atoms with Gasteiger partial charge in [-0.1, -0.05) is 35.9 Å². The highest BCUT2D eigenvalue weighted by molar-refractivity contribution is 6.30. The van der Waals surface area contributed by atoms with Crippen LogP contribution in [0.1, 0.15) is 50.5 Å². The van der Waals surface area contributed by atoms with Crippen LogP contribution in [0.3, 0.4) is 0 Å². The smallest absolute Gasteiger partial charge is 0.132 e. The maximum absolute atomic E-state index is 13.3. The number of fused-ring (bicyclic) bond motifs is 1. The zero-order valence-corrected chi connectivity index (χ0v) is 20.7. The van der Waals surface area contributed by atoms with Crippen LogP contribution in [0.5, 0.6) is 5.75 Å². The van der Waals surface area contributed by atoms with E-state index in [9.17, 15) is 4.39 Å². The summed E-state index contributed by atoms with van der Waals surface area (Å²) >= 11 is 6.12. The minimum atomic E-state index is -0.623. The predicted octanol–water partition coefficient (Wildman–Crippen LogP) is 7.31. The molecule has 0 aliphatic carbocycles. The first-order chi connectivity index (χ1) is 16.2. The van der Waals surface area contributed by atoms with Crippen molar-refractivity contribution in [3.63, 3.8) is 0 Å². The van der Waals surface area contributed by atoms with E-state index in [1.807, 2.05) is 64.1 Å². The number of nitrogens with one attached hydrogen (secondary N) is 1. The molecule has 2 atom stereocenters. The number of hydrogen-bond donors (Lipinski definition) is 1. The fraction of sp³-hybridized carbons (Fsp3) is 0.357. The summed E-state index contributed by atoms with van der Waals surface area (Å²) in [6.07, 6.45) is -0.700. The van der Waals surface area contributed by atoms with Crippen molar-refractivity contribution in [2.45, 2.75) is 64.8 Å². The van der Waals surface area contributed by atoms with E-state index >= 15 is 0 Å². The topological polar surface area (TPSA) is 39.7 Å². The van der Waals surface area contributed by atoms with Gasteiger partial charge in [0.1, 0.15) is 29.4 Å². The summed E-state index contributed by atoms with van der Waals surface area (Å²) in [5.41, 5.74) is 3.26. The van der Waals surface area contributed by atoms with Crippen molar-refractivity contribution in [1.29, 1.82) is 0 Å². The van der Waals surface area contributed by atoms with Gasteiger partial charge < -0.3 is 19.5 Å². The third-order valence-electron chi connectivity index (χ3n) is 5.80. The molecule has 0 spiro atoms. The molecule has 180 valence electrons. The molecule has 3 aromatic rings. The Balaban J connectivity index is 1.58. The molecule has 0 saturated heterocycles. The first kappa shape index (κ1) is 24.5. The fourth-order valence-electron chi connectivity index (χ4n) is 4.19. The van der Waals surface area contributed by atoms with Gasteiger partial charge >= 0.3 is 0 Å². The maximum atomic E-state index is 13.3. The first-order valence-electron chi connectivity index (χ1n) is 11.5. The Morgan fingerprint density at radius 1 is 1.03 bits per heavy atom. The quantitative estimate of drug-likeness (QED) is 0.364. The van der Waals surface area contributed by atoms with Crippen molar-refractivity contribution in [1.82, 2.24) is 0 Å². The molecular weight excluding hydrogens is 453 g/mol. The Bertz CT molecular complexity index is 1120. The van der Waals surface area contributed by atoms with Crippen molar-refractivity contribution in [2.24, 2.45) is 0 Å². The monoisotopic (exact) mass is 483 g/mol. The Kier molecular flexibility index (Phi) is 7.46. The second-order valence-corrected chi connectivity index (χ2v) is 9.84. The molecule has 1 heterocycles. The summed E-state index contributed by atoms with van der Waals surface area (Å²) in [4.78, 5) is 0. The summed E-state index contributed by atoms with van der Waals surface area (Å²) in [7, 11) is 0. The molecule has 0 aromatic heterocycles. The Hall–Kier alpha value is -2.60. The molecule has 34 heavy (non-hydrogen) atoms. The molecule has 0 saturated carbocycles. The average Bonchev–Trinajstić information content (AvgIpc) is 2.78. The van der Waals surface area contributed by atoms with Crippen molar-refractivity contribution in [3.05, 3.63) is 94.3 Å². The lowest BCUT2D eigenvalue weighted by molar-refractivity contribution is -0.177. The number of benzene rings is 3. The van der Waals surface area contributed by atoms with E-state index in [0.717, 1.165) is 28.1 Å². The molecule has 4 rings (SSSR count). The molecule has 1 N–H and O–H groups in total. The lowest BCUT2D eigenvalue weighted by atomic mass is 9.87. The van der Waals surface area contributed by atoms with Gasteiger partial charge in [-0.15, -0.1) is 0 Å². The molecule has 3 aromatic carbocycles. The summed E-state index contributed by atoms with van der Waals surface area (Å²) in [5, 5.41) is 4.18. The number of rotatable bonds is 8. The van der Waals surface area contributed by atoms with Gasteiger partial charge in [0.25, 0.3) is 0 Å². The van der Waals surface area contributed by atoms with Crippen LogP contribution in [0.25, 0.3) is 0 Å². The molecule has 0 fully saturated rings. The zero-order valence-electron chi connectivity index (χ0n) is 20.0. The SMILES string of the molecule is CC(C)OC1c2cc(NCc3cccc(Cl)c3)ccc2OC(C)(C)C1OCc1ccc(F)cc1. The van der Waals surface area contributed by atoms with Gasteiger partial charge in [-0.05, 0) is 81.3 Å². The normalized spacial score (nSPS) is 18.9. The van der Waals surface area contributed by atoms with Gasteiger partial charge in [-0.2, -0.15) is 0 Å². The molecule has 1 aliphatic rings. The largest absolute Gasteiger partial charge is 0.485 e. The molecule has 4 nitrogen and oxygen atoms in total. The number of ether oxygens (including phenoxy) is 3. The van der Waals surface area contributed by atoms with E-state index in [4.69, 9.17) is 25.8 Å². The second-order valence-electron chi connectivity index (χ2n) is 9.41. The molecule has 2 unspecified atom stereocenters. The molecule has 0 radical (unpaired) electrons. The van der Waals surface area contributed by atoms with Gasteiger partial charge in [0, 0.05) is 22.8 Å². The maximum Gasteiger partial charge on any atom is 0.132 e.